The van der Waals surface area contributed by atoms with E-state index in [1.54, 1.807) is 31.2 Å². The molecule has 1 unspecified atom stereocenters. The maximum absolute atomic E-state index is 12.6. The van der Waals surface area contributed by atoms with E-state index in [2.05, 4.69) is 16.6 Å². The molecule has 0 aliphatic rings. The molecule has 7 nitrogen and oxygen atoms in total. The molecule has 0 spiro atoms. The van der Waals surface area contributed by atoms with E-state index in [-0.39, 0.29) is 17.9 Å². The Morgan fingerprint density at radius 2 is 1.81 bits per heavy atom. The number of carbonyl (C=O) groups is 1. The largest absolute Gasteiger partial charge is 0.481 e. The smallest absolute Gasteiger partial charge is 0.261 e. The highest BCUT2D eigenvalue weighted by atomic mass is 32.2. The standard InChI is InChI=1S/C19H20N2O5S/c1-2-3-13-26-16-9-11-17(12-10-16)27(24,25)21-18(19(22)20-23)14-15-7-5-4-6-8-15/h4-12,18,21,23H,13-14H2,1H3,(H,20,22). The second kappa shape index (κ2) is 9.73. The van der Waals surface area contributed by atoms with Gasteiger partial charge in [0, 0.05) is 0 Å². The van der Waals surface area contributed by atoms with Crippen molar-refractivity contribution in [2.24, 2.45) is 0 Å². The van der Waals surface area contributed by atoms with Crippen molar-refractivity contribution in [3.63, 3.8) is 0 Å². The third kappa shape index (κ3) is 6.11. The number of hydrogen-bond donors (Lipinski definition) is 3. The summed E-state index contributed by atoms with van der Waals surface area (Å²) in [6.45, 7) is 1.90. The SMILES string of the molecule is CC#CCOc1ccc(S(=O)(=O)NC(Cc2ccccc2)C(=O)NO)cc1. The highest BCUT2D eigenvalue weighted by molar-refractivity contribution is 7.89. The lowest BCUT2D eigenvalue weighted by Crippen LogP contribution is -2.47. The quantitative estimate of drug-likeness (QED) is 0.361. The van der Waals surface area contributed by atoms with E-state index in [9.17, 15) is 13.2 Å². The van der Waals surface area contributed by atoms with Crippen LogP contribution in [-0.2, 0) is 21.2 Å². The minimum Gasteiger partial charge on any atom is -0.481 e. The zero-order valence-corrected chi connectivity index (χ0v) is 15.5. The van der Waals surface area contributed by atoms with Crippen molar-refractivity contribution in [2.45, 2.75) is 24.3 Å². The Morgan fingerprint density at radius 3 is 2.41 bits per heavy atom. The van der Waals surface area contributed by atoms with E-state index in [4.69, 9.17) is 9.94 Å². The van der Waals surface area contributed by atoms with E-state index < -0.39 is 22.0 Å². The van der Waals surface area contributed by atoms with Gasteiger partial charge in [0.15, 0.2) is 0 Å². The molecule has 0 aromatic heterocycles. The van der Waals surface area contributed by atoms with Crippen LogP contribution in [-0.4, -0.2) is 32.2 Å². The van der Waals surface area contributed by atoms with Gasteiger partial charge in [0.1, 0.15) is 18.4 Å². The average Bonchev–Trinajstić information content (AvgIpc) is 2.68. The van der Waals surface area contributed by atoms with Crippen LogP contribution < -0.4 is 14.9 Å². The van der Waals surface area contributed by atoms with Crippen molar-refractivity contribution < 1.29 is 23.2 Å². The lowest BCUT2D eigenvalue weighted by Gasteiger charge is -2.17. The molecule has 2 aromatic carbocycles. The summed E-state index contributed by atoms with van der Waals surface area (Å²) < 4.78 is 32.8. The third-order valence-corrected chi connectivity index (χ3v) is 5.12. The monoisotopic (exact) mass is 388 g/mol. The number of hydrogen-bond acceptors (Lipinski definition) is 5. The minimum absolute atomic E-state index is 0.0276. The molecule has 0 aliphatic carbocycles. The van der Waals surface area contributed by atoms with Crippen molar-refractivity contribution in [1.29, 1.82) is 0 Å². The Balaban J connectivity index is 2.14. The Kier molecular flexibility index (Phi) is 7.37. The van der Waals surface area contributed by atoms with Gasteiger partial charge in [-0.3, -0.25) is 10.0 Å². The van der Waals surface area contributed by atoms with E-state index in [1.807, 2.05) is 6.07 Å². The molecular weight excluding hydrogens is 368 g/mol. The number of rotatable bonds is 8. The van der Waals surface area contributed by atoms with Gasteiger partial charge in [-0.2, -0.15) is 4.72 Å². The van der Waals surface area contributed by atoms with Crippen LogP contribution in [0.4, 0.5) is 0 Å². The fourth-order valence-corrected chi connectivity index (χ4v) is 3.47. The lowest BCUT2D eigenvalue weighted by atomic mass is 10.1. The normalized spacial score (nSPS) is 11.8. The summed E-state index contributed by atoms with van der Waals surface area (Å²) in [4.78, 5) is 11.9. The number of ether oxygens (including phenoxy) is 1. The van der Waals surface area contributed by atoms with E-state index in [0.29, 0.717) is 5.75 Å². The fourth-order valence-electron chi connectivity index (χ4n) is 2.28. The number of benzene rings is 2. The summed E-state index contributed by atoms with van der Waals surface area (Å²) >= 11 is 0. The van der Waals surface area contributed by atoms with Crippen LogP contribution >= 0.6 is 0 Å². The maximum Gasteiger partial charge on any atom is 0.261 e. The molecule has 0 saturated heterocycles. The number of sulfonamides is 1. The number of hydroxylamine groups is 1. The predicted octanol–water partition coefficient (Wildman–Crippen LogP) is 1.48. The Bertz CT molecular complexity index is 916. The van der Waals surface area contributed by atoms with Gasteiger partial charge in [0.05, 0.1) is 4.90 Å². The van der Waals surface area contributed by atoms with Crippen LogP contribution in [0.5, 0.6) is 5.75 Å². The first-order chi connectivity index (χ1) is 13.0. The molecule has 1 amide bonds. The molecule has 2 rings (SSSR count). The molecule has 142 valence electrons. The Morgan fingerprint density at radius 1 is 1.15 bits per heavy atom. The summed E-state index contributed by atoms with van der Waals surface area (Å²) in [5, 5.41) is 8.93. The van der Waals surface area contributed by atoms with Gasteiger partial charge in [-0.1, -0.05) is 36.3 Å². The summed E-state index contributed by atoms with van der Waals surface area (Å²) in [7, 11) is -3.98. The highest BCUT2D eigenvalue weighted by Crippen LogP contribution is 2.17. The molecular formula is C19H20N2O5S. The predicted molar refractivity (Wildman–Crippen MR) is 99.6 cm³/mol. The zero-order chi connectivity index (χ0) is 19.7. The van der Waals surface area contributed by atoms with Gasteiger partial charge in [0.2, 0.25) is 10.0 Å². The van der Waals surface area contributed by atoms with Gasteiger partial charge >= 0.3 is 0 Å². The third-order valence-electron chi connectivity index (χ3n) is 3.63. The first kappa shape index (κ1) is 20.5. The minimum atomic E-state index is -3.98. The highest BCUT2D eigenvalue weighted by Gasteiger charge is 2.26. The molecule has 0 radical (unpaired) electrons. The van der Waals surface area contributed by atoms with Crippen molar-refractivity contribution >= 4 is 15.9 Å². The molecule has 1 atom stereocenters. The topological polar surface area (TPSA) is 105 Å². The van der Waals surface area contributed by atoms with Crippen LogP contribution in [0, 0.1) is 11.8 Å². The second-order valence-electron chi connectivity index (χ2n) is 5.53. The van der Waals surface area contributed by atoms with Crippen LogP contribution in [0.2, 0.25) is 0 Å². The van der Waals surface area contributed by atoms with Crippen molar-refractivity contribution in [1.82, 2.24) is 10.2 Å². The molecule has 8 heteroatoms. The van der Waals surface area contributed by atoms with Crippen LogP contribution in [0.15, 0.2) is 59.5 Å². The zero-order valence-electron chi connectivity index (χ0n) is 14.7. The van der Waals surface area contributed by atoms with Crippen molar-refractivity contribution in [3.8, 4) is 17.6 Å². The number of amides is 1. The van der Waals surface area contributed by atoms with E-state index >= 15 is 0 Å². The maximum atomic E-state index is 12.6. The van der Waals surface area contributed by atoms with Gasteiger partial charge in [0.25, 0.3) is 5.91 Å². The number of nitrogens with one attached hydrogen (secondary N) is 2. The average molecular weight is 388 g/mol. The molecule has 27 heavy (non-hydrogen) atoms. The molecule has 3 N–H and O–H groups in total. The van der Waals surface area contributed by atoms with Crippen LogP contribution in [0.1, 0.15) is 12.5 Å². The van der Waals surface area contributed by atoms with Gasteiger partial charge < -0.3 is 4.74 Å². The van der Waals surface area contributed by atoms with E-state index in [1.165, 1.54) is 29.7 Å². The van der Waals surface area contributed by atoms with Gasteiger partial charge in [-0.05, 0) is 43.2 Å². The van der Waals surface area contributed by atoms with Crippen molar-refractivity contribution in [2.75, 3.05) is 6.61 Å². The van der Waals surface area contributed by atoms with Crippen molar-refractivity contribution in [3.05, 3.63) is 60.2 Å². The summed E-state index contributed by atoms with van der Waals surface area (Å²) in [6, 6.07) is 13.5. The Labute approximate surface area is 158 Å². The first-order valence-electron chi connectivity index (χ1n) is 8.09. The van der Waals surface area contributed by atoms with Gasteiger partial charge in [-0.15, -0.1) is 5.92 Å². The summed E-state index contributed by atoms with van der Waals surface area (Å²) in [6.07, 6.45) is 0.0867. The lowest BCUT2D eigenvalue weighted by molar-refractivity contribution is -0.130. The molecule has 0 saturated carbocycles. The second-order valence-corrected chi connectivity index (χ2v) is 7.24. The van der Waals surface area contributed by atoms with Crippen LogP contribution in [0.25, 0.3) is 0 Å². The molecule has 0 aliphatic heterocycles. The first-order valence-corrected chi connectivity index (χ1v) is 9.57. The van der Waals surface area contributed by atoms with Gasteiger partial charge in [-0.25, -0.2) is 13.9 Å². The summed E-state index contributed by atoms with van der Waals surface area (Å²) in [5.41, 5.74) is 2.24. The molecule has 0 heterocycles. The Hall–Kier alpha value is -2.86. The molecule has 0 bridgehead atoms. The van der Waals surface area contributed by atoms with E-state index in [0.717, 1.165) is 5.56 Å². The van der Waals surface area contributed by atoms with Crippen LogP contribution in [0.3, 0.4) is 0 Å². The fraction of sp³-hybridized carbons (Fsp3) is 0.211. The molecule has 2 aromatic rings. The number of carbonyl (C=O) groups excluding carboxylic acids is 1. The molecule has 0 fully saturated rings. The summed E-state index contributed by atoms with van der Waals surface area (Å²) in [5.74, 6) is 5.06.